The van der Waals surface area contributed by atoms with Gasteiger partial charge in [0.2, 0.25) is 0 Å². The summed E-state index contributed by atoms with van der Waals surface area (Å²) in [5.74, 6) is -0.226. The van der Waals surface area contributed by atoms with Crippen LogP contribution in [-0.4, -0.2) is 3.97 Å². The molecular weight excluding hydrogens is 283 g/mol. The average molecular weight is 300 g/mol. The lowest BCUT2D eigenvalue weighted by Gasteiger charge is -2.10. The van der Waals surface area contributed by atoms with E-state index in [0.29, 0.717) is 5.52 Å². The third kappa shape index (κ3) is 2.69. The van der Waals surface area contributed by atoms with Crippen molar-refractivity contribution in [2.45, 2.75) is 24.8 Å². The number of fused-ring (bicyclic) bond motifs is 1. The van der Waals surface area contributed by atoms with Crippen molar-refractivity contribution in [1.82, 2.24) is 3.97 Å². The first-order valence-electron chi connectivity index (χ1n) is 6.86. The molecule has 0 aliphatic heterocycles. The molecule has 0 fully saturated rings. The summed E-state index contributed by atoms with van der Waals surface area (Å²) in [6.07, 6.45) is 0. The summed E-state index contributed by atoms with van der Waals surface area (Å²) in [5, 5.41) is 0.892. The van der Waals surface area contributed by atoms with Crippen LogP contribution in [-0.2, 0) is 0 Å². The molecule has 0 saturated carbocycles. The van der Waals surface area contributed by atoms with Gasteiger partial charge in [0, 0.05) is 22.0 Å². The summed E-state index contributed by atoms with van der Waals surface area (Å²) >= 11 is 1.52. The third-order valence-electron chi connectivity index (χ3n) is 3.47. The number of hydrogen-bond donors (Lipinski definition) is 1. The van der Waals surface area contributed by atoms with Crippen LogP contribution in [0.25, 0.3) is 10.9 Å². The van der Waals surface area contributed by atoms with Gasteiger partial charge >= 0.3 is 0 Å². The van der Waals surface area contributed by atoms with Gasteiger partial charge in [-0.3, -0.25) is 3.97 Å². The van der Waals surface area contributed by atoms with Gasteiger partial charge in [-0.15, -0.1) is 0 Å². The molecule has 0 spiro atoms. The van der Waals surface area contributed by atoms with Gasteiger partial charge < -0.3 is 5.73 Å². The van der Waals surface area contributed by atoms with Gasteiger partial charge in [0.05, 0.1) is 5.52 Å². The number of rotatable bonds is 3. The highest BCUT2D eigenvalue weighted by Crippen LogP contribution is 2.32. The number of nitrogens with zero attached hydrogens (tertiary/aromatic N) is 1. The summed E-state index contributed by atoms with van der Waals surface area (Å²) in [4.78, 5) is 1.08. The smallest absolute Gasteiger partial charge is 0.148 e. The molecule has 3 aromatic rings. The zero-order valence-electron chi connectivity index (χ0n) is 12.0. The Hall–Kier alpha value is -1.78. The predicted octanol–water partition coefficient (Wildman–Crippen LogP) is 4.66. The highest BCUT2D eigenvalue weighted by Gasteiger charge is 2.14. The molecule has 1 atom stereocenters. The highest BCUT2D eigenvalue weighted by atomic mass is 32.2. The minimum atomic E-state index is -0.226. The van der Waals surface area contributed by atoms with E-state index in [2.05, 4.69) is 0 Å². The van der Waals surface area contributed by atoms with Crippen molar-refractivity contribution < 1.29 is 4.39 Å². The minimum absolute atomic E-state index is 0.172. The largest absolute Gasteiger partial charge is 0.324 e. The summed E-state index contributed by atoms with van der Waals surface area (Å²) in [6.45, 7) is 3.85. The molecule has 0 bridgehead atoms. The molecule has 1 heterocycles. The van der Waals surface area contributed by atoms with E-state index < -0.39 is 0 Å². The van der Waals surface area contributed by atoms with E-state index in [-0.39, 0.29) is 11.9 Å². The van der Waals surface area contributed by atoms with Crippen LogP contribution in [0.3, 0.4) is 0 Å². The standard InChI is InChI=1S/C17H17FN2S/c1-11-8-14-9-13(12(2)19)10-16(18)17(14)20(11)21-15-6-4-3-5-7-15/h3-10,12H,19H2,1-2H3/t12-/m1/s1. The van der Waals surface area contributed by atoms with Crippen LogP contribution in [0.1, 0.15) is 24.2 Å². The molecular formula is C17H17FN2S. The van der Waals surface area contributed by atoms with Crippen molar-refractivity contribution in [3.8, 4) is 0 Å². The molecule has 2 N–H and O–H groups in total. The van der Waals surface area contributed by atoms with Crippen LogP contribution in [0, 0.1) is 12.7 Å². The number of aromatic nitrogens is 1. The third-order valence-corrected chi connectivity index (χ3v) is 4.60. The normalized spacial score (nSPS) is 12.8. The van der Waals surface area contributed by atoms with Gasteiger partial charge in [-0.1, -0.05) is 18.2 Å². The van der Waals surface area contributed by atoms with Crippen LogP contribution in [0.5, 0.6) is 0 Å². The van der Waals surface area contributed by atoms with Crippen molar-refractivity contribution in [2.24, 2.45) is 5.73 Å². The molecule has 21 heavy (non-hydrogen) atoms. The maximum atomic E-state index is 14.5. The summed E-state index contributed by atoms with van der Waals surface area (Å²) < 4.78 is 16.4. The van der Waals surface area contributed by atoms with Crippen molar-refractivity contribution in [3.63, 3.8) is 0 Å². The van der Waals surface area contributed by atoms with Crippen molar-refractivity contribution in [2.75, 3.05) is 0 Å². The van der Waals surface area contributed by atoms with E-state index in [1.807, 2.05) is 60.3 Å². The first-order valence-corrected chi connectivity index (χ1v) is 7.64. The monoisotopic (exact) mass is 300 g/mol. The average Bonchev–Trinajstić information content (AvgIpc) is 2.76. The van der Waals surface area contributed by atoms with E-state index in [9.17, 15) is 4.39 Å². The van der Waals surface area contributed by atoms with Gasteiger partial charge in [-0.2, -0.15) is 0 Å². The SMILES string of the molecule is Cc1cc2cc([C@@H](C)N)cc(F)c2n1Sc1ccccc1. The van der Waals surface area contributed by atoms with Gasteiger partial charge in [0.1, 0.15) is 5.82 Å². The Bertz CT molecular complexity index is 778. The van der Waals surface area contributed by atoms with Crippen molar-refractivity contribution in [3.05, 3.63) is 65.6 Å². The van der Waals surface area contributed by atoms with E-state index in [1.54, 1.807) is 0 Å². The van der Waals surface area contributed by atoms with Crippen LogP contribution < -0.4 is 5.73 Å². The zero-order chi connectivity index (χ0) is 15.0. The van der Waals surface area contributed by atoms with Crippen molar-refractivity contribution in [1.29, 1.82) is 0 Å². The minimum Gasteiger partial charge on any atom is -0.324 e. The van der Waals surface area contributed by atoms with Crippen LogP contribution in [0.4, 0.5) is 4.39 Å². The number of benzene rings is 2. The van der Waals surface area contributed by atoms with Crippen LogP contribution >= 0.6 is 11.9 Å². The Morgan fingerprint density at radius 2 is 1.86 bits per heavy atom. The zero-order valence-corrected chi connectivity index (χ0v) is 12.8. The van der Waals surface area contributed by atoms with E-state index in [4.69, 9.17) is 5.73 Å². The number of halogens is 1. The number of hydrogen-bond acceptors (Lipinski definition) is 2. The van der Waals surface area contributed by atoms with Crippen molar-refractivity contribution >= 4 is 22.9 Å². The molecule has 0 radical (unpaired) electrons. The molecule has 2 nitrogen and oxygen atoms in total. The molecule has 0 unspecified atom stereocenters. The molecule has 0 aliphatic rings. The van der Waals surface area contributed by atoms with Gasteiger partial charge in [-0.25, -0.2) is 4.39 Å². The molecule has 108 valence electrons. The molecule has 2 aromatic carbocycles. The molecule has 3 rings (SSSR count). The molecule has 0 saturated heterocycles. The number of aryl methyl sites for hydroxylation is 1. The first kappa shape index (κ1) is 14.2. The van der Waals surface area contributed by atoms with Crippen LogP contribution in [0.2, 0.25) is 0 Å². The molecule has 0 aliphatic carbocycles. The lowest BCUT2D eigenvalue weighted by atomic mass is 10.1. The summed E-state index contributed by atoms with van der Waals surface area (Å²) in [7, 11) is 0. The fourth-order valence-electron chi connectivity index (χ4n) is 2.39. The van der Waals surface area contributed by atoms with Gasteiger partial charge in [-0.05, 0) is 61.7 Å². The van der Waals surface area contributed by atoms with Gasteiger partial charge in [0.15, 0.2) is 0 Å². The second-order valence-electron chi connectivity index (χ2n) is 5.21. The fourth-order valence-corrected chi connectivity index (χ4v) is 3.36. The molecule has 1 aromatic heterocycles. The fraction of sp³-hybridized carbons (Fsp3) is 0.176. The topological polar surface area (TPSA) is 30.9 Å². The van der Waals surface area contributed by atoms with E-state index >= 15 is 0 Å². The lowest BCUT2D eigenvalue weighted by molar-refractivity contribution is 0.631. The summed E-state index contributed by atoms with van der Waals surface area (Å²) in [5.41, 5.74) is 8.31. The maximum absolute atomic E-state index is 14.5. The Balaban J connectivity index is 2.13. The maximum Gasteiger partial charge on any atom is 0.148 e. The second-order valence-corrected chi connectivity index (χ2v) is 6.23. The Kier molecular flexibility index (Phi) is 3.74. The molecule has 0 amide bonds. The molecule has 4 heteroatoms. The summed E-state index contributed by atoms with van der Waals surface area (Å²) in [6, 6.07) is 15.3. The van der Waals surface area contributed by atoms with Gasteiger partial charge in [0.25, 0.3) is 0 Å². The lowest BCUT2D eigenvalue weighted by Crippen LogP contribution is -2.05. The first-order chi connectivity index (χ1) is 10.1. The Labute approximate surface area is 127 Å². The highest BCUT2D eigenvalue weighted by molar-refractivity contribution is 7.98. The van der Waals surface area contributed by atoms with E-state index in [1.165, 1.54) is 18.0 Å². The van der Waals surface area contributed by atoms with E-state index in [0.717, 1.165) is 21.5 Å². The predicted molar refractivity (Wildman–Crippen MR) is 86.9 cm³/mol. The van der Waals surface area contributed by atoms with Crippen LogP contribution in [0.15, 0.2) is 53.4 Å². The number of nitrogens with two attached hydrogens (primary N) is 1. The second kappa shape index (κ2) is 5.54. The Morgan fingerprint density at radius 3 is 2.52 bits per heavy atom. The quantitative estimate of drug-likeness (QED) is 0.762. The Morgan fingerprint density at radius 1 is 1.14 bits per heavy atom.